The van der Waals surface area contributed by atoms with E-state index < -0.39 is 22.8 Å². The standard InChI is InChI=1S/C21H18N4O5/c26-18(27)9-11-23-13-15(12-17(21(28)29)25(23)30)19-16-8-4-5-10-24(16)22-20(19)14-6-2-1-3-7-14/h1-8,10,12-13,25H,9,11H2,(H,26,27)(H,28,29). The molecule has 30 heavy (non-hydrogen) atoms. The summed E-state index contributed by atoms with van der Waals surface area (Å²) >= 11 is 0. The maximum atomic E-state index is 12.5. The van der Waals surface area contributed by atoms with Crippen molar-refractivity contribution in [2.75, 3.05) is 6.54 Å². The molecule has 0 amide bonds. The molecule has 0 fully saturated rings. The van der Waals surface area contributed by atoms with Gasteiger partial charge in [0.2, 0.25) is 5.70 Å². The van der Waals surface area contributed by atoms with Crippen LogP contribution in [0, 0.1) is 5.21 Å². The van der Waals surface area contributed by atoms with Crippen molar-refractivity contribution in [2.24, 2.45) is 0 Å². The van der Waals surface area contributed by atoms with Gasteiger partial charge in [0.25, 0.3) is 0 Å². The number of hydrogen-bond donors (Lipinski definition) is 3. The molecule has 0 saturated heterocycles. The third-order valence-electron chi connectivity index (χ3n) is 4.76. The third-order valence-corrected chi connectivity index (χ3v) is 4.76. The molecule has 3 aromatic rings. The van der Waals surface area contributed by atoms with E-state index in [4.69, 9.17) is 5.11 Å². The Labute approximate surface area is 170 Å². The van der Waals surface area contributed by atoms with Gasteiger partial charge < -0.3 is 15.4 Å². The van der Waals surface area contributed by atoms with Crippen molar-refractivity contribution in [2.45, 2.75) is 6.42 Å². The summed E-state index contributed by atoms with van der Waals surface area (Å²) in [5.41, 5.74) is 2.90. The smallest absolute Gasteiger partial charge is 0.393 e. The Kier molecular flexibility index (Phi) is 5.05. The predicted octanol–water partition coefficient (Wildman–Crippen LogP) is 1.40. The molecule has 152 valence electrons. The van der Waals surface area contributed by atoms with Gasteiger partial charge in [-0.1, -0.05) is 36.4 Å². The molecular formula is C21H18N4O5. The molecule has 3 N–H and O–H groups in total. The lowest BCUT2D eigenvalue weighted by molar-refractivity contribution is -0.924. The summed E-state index contributed by atoms with van der Waals surface area (Å²) < 4.78 is 1.69. The van der Waals surface area contributed by atoms with E-state index in [1.54, 1.807) is 10.7 Å². The largest absolute Gasteiger partial charge is 0.602 e. The molecule has 1 aliphatic heterocycles. The first-order valence-corrected chi connectivity index (χ1v) is 9.18. The second kappa shape index (κ2) is 7.82. The van der Waals surface area contributed by atoms with Crippen LogP contribution < -0.4 is 5.17 Å². The SMILES string of the molecule is O=C(O)CCN1C=C(c2c(-c3ccccc3)nn3ccccc23)C=C(C(=O)O)[NH+]1[O-]. The van der Waals surface area contributed by atoms with Crippen LogP contribution in [0.5, 0.6) is 0 Å². The van der Waals surface area contributed by atoms with Gasteiger partial charge >= 0.3 is 11.9 Å². The Morgan fingerprint density at radius 3 is 2.50 bits per heavy atom. The minimum Gasteiger partial charge on any atom is -0.602 e. The van der Waals surface area contributed by atoms with Gasteiger partial charge in [-0.25, -0.2) is 19.5 Å². The van der Waals surface area contributed by atoms with Crippen molar-refractivity contribution in [3.63, 3.8) is 0 Å². The first-order chi connectivity index (χ1) is 14.5. The molecule has 1 unspecified atom stereocenters. The molecule has 1 atom stereocenters. The molecule has 2 aromatic heterocycles. The molecule has 3 heterocycles. The second-order valence-electron chi connectivity index (χ2n) is 6.71. The zero-order chi connectivity index (χ0) is 21.3. The van der Waals surface area contributed by atoms with E-state index in [0.29, 0.717) is 16.8 Å². The maximum Gasteiger partial charge on any atom is 0.393 e. The molecule has 1 aromatic carbocycles. The zero-order valence-electron chi connectivity index (χ0n) is 15.7. The van der Waals surface area contributed by atoms with Crippen molar-refractivity contribution >= 4 is 23.0 Å². The van der Waals surface area contributed by atoms with Crippen LogP contribution in [0.1, 0.15) is 12.0 Å². The zero-order valence-corrected chi connectivity index (χ0v) is 15.7. The fourth-order valence-electron chi connectivity index (χ4n) is 3.39. The average Bonchev–Trinajstić information content (AvgIpc) is 3.13. The Morgan fingerprint density at radius 2 is 1.80 bits per heavy atom. The van der Waals surface area contributed by atoms with Gasteiger partial charge in [-0.15, -0.1) is 0 Å². The minimum absolute atomic E-state index is 0.137. The molecule has 9 heteroatoms. The van der Waals surface area contributed by atoms with Crippen LogP contribution in [0.25, 0.3) is 22.3 Å². The maximum absolute atomic E-state index is 12.5. The number of nitrogens with one attached hydrogen (secondary N) is 1. The van der Waals surface area contributed by atoms with Crippen molar-refractivity contribution in [1.82, 2.24) is 14.6 Å². The Hall–Kier alpha value is -3.95. The summed E-state index contributed by atoms with van der Waals surface area (Å²) in [6, 6.07) is 14.9. The van der Waals surface area contributed by atoms with Gasteiger partial charge in [0.15, 0.2) is 0 Å². The highest BCUT2D eigenvalue weighted by molar-refractivity contribution is 5.96. The van der Waals surface area contributed by atoms with E-state index in [1.807, 2.05) is 48.5 Å². The molecule has 0 bridgehead atoms. The van der Waals surface area contributed by atoms with Crippen LogP contribution in [-0.2, 0) is 9.59 Å². The van der Waals surface area contributed by atoms with Crippen LogP contribution in [0.4, 0.5) is 0 Å². The number of aromatic nitrogens is 2. The van der Waals surface area contributed by atoms with E-state index in [0.717, 1.165) is 16.1 Å². The number of carboxylic acids is 2. The van der Waals surface area contributed by atoms with E-state index in [1.165, 1.54) is 12.3 Å². The van der Waals surface area contributed by atoms with Crippen LogP contribution in [0.15, 0.2) is 72.7 Å². The Balaban J connectivity index is 1.92. The third kappa shape index (κ3) is 3.54. The number of aliphatic carboxylic acids is 2. The monoisotopic (exact) mass is 406 g/mol. The highest BCUT2D eigenvalue weighted by Crippen LogP contribution is 2.33. The summed E-state index contributed by atoms with van der Waals surface area (Å²) in [5, 5.41) is 36.1. The van der Waals surface area contributed by atoms with Crippen LogP contribution in [0.3, 0.4) is 0 Å². The molecule has 9 nitrogen and oxygen atoms in total. The fourth-order valence-corrected chi connectivity index (χ4v) is 3.39. The number of nitrogens with zero attached hydrogens (tertiary/aromatic N) is 3. The average molecular weight is 406 g/mol. The van der Waals surface area contributed by atoms with E-state index in [9.17, 15) is 19.9 Å². The lowest BCUT2D eigenvalue weighted by Gasteiger charge is -2.35. The van der Waals surface area contributed by atoms with E-state index in [-0.39, 0.29) is 13.0 Å². The molecule has 4 rings (SSSR count). The lowest BCUT2D eigenvalue weighted by atomic mass is 9.98. The number of hydrogen-bond acceptors (Lipinski definition) is 5. The normalized spacial score (nSPS) is 16.3. The molecule has 0 spiro atoms. The molecular weight excluding hydrogens is 388 g/mol. The number of benzene rings is 1. The highest BCUT2D eigenvalue weighted by Gasteiger charge is 2.29. The number of quaternary nitrogens is 1. The van der Waals surface area contributed by atoms with Gasteiger partial charge in [-0.2, -0.15) is 5.10 Å². The summed E-state index contributed by atoms with van der Waals surface area (Å²) in [4.78, 5) is 22.7. The summed E-state index contributed by atoms with van der Waals surface area (Å²) in [7, 11) is 0. The predicted molar refractivity (Wildman–Crippen MR) is 108 cm³/mol. The topological polar surface area (TPSA) is 123 Å². The number of fused-ring (bicyclic) bond motifs is 1. The number of pyridine rings is 1. The van der Waals surface area contributed by atoms with Crippen molar-refractivity contribution in [3.05, 3.63) is 83.5 Å². The first-order valence-electron chi connectivity index (χ1n) is 9.18. The van der Waals surface area contributed by atoms with Crippen LogP contribution >= 0.6 is 0 Å². The van der Waals surface area contributed by atoms with Crippen molar-refractivity contribution in [1.29, 1.82) is 0 Å². The molecule has 0 aliphatic carbocycles. The summed E-state index contributed by atoms with van der Waals surface area (Å²) in [5.74, 6) is -2.45. The van der Waals surface area contributed by atoms with Gasteiger partial charge in [-0.05, 0) is 12.1 Å². The fraction of sp³-hybridized carbons (Fsp3) is 0.0952. The van der Waals surface area contributed by atoms with Gasteiger partial charge in [0, 0.05) is 29.0 Å². The summed E-state index contributed by atoms with van der Waals surface area (Å²) in [6.07, 6.45) is 4.29. The van der Waals surface area contributed by atoms with Gasteiger partial charge in [0.1, 0.15) is 5.69 Å². The van der Waals surface area contributed by atoms with E-state index >= 15 is 0 Å². The van der Waals surface area contributed by atoms with Gasteiger partial charge in [-0.3, -0.25) is 4.79 Å². The van der Waals surface area contributed by atoms with Gasteiger partial charge in [0.05, 0.1) is 24.7 Å². The van der Waals surface area contributed by atoms with Crippen LogP contribution in [0.2, 0.25) is 0 Å². The first kappa shape index (κ1) is 19.4. The Morgan fingerprint density at radius 1 is 1.07 bits per heavy atom. The second-order valence-corrected chi connectivity index (χ2v) is 6.71. The Bertz CT molecular complexity index is 1180. The van der Waals surface area contributed by atoms with Crippen LogP contribution in [-0.4, -0.2) is 43.3 Å². The highest BCUT2D eigenvalue weighted by atomic mass is 16.6. The molecule has 0 radical (unpaired) electrons. The molecule has 0 saturated carbocycles. The molecule has 1 aliphatic rings. The number of hydroxylamine groups is 1. The number of allylic oxidation sites excluding steroid dienone is 2. The van der Waals surface area contributed by atoms with Crippen molar-refractivity contribution in [3.8, 4) is 11.3 Å². The minimum atomic E-state index is -1.37. The van der Waals surface area contributed by atoms with Crippen molar-refractivity contribution < 1.29 is 25.0 Å². The number of carboxylic acid groups (broad SMARTS) is 2. The quantitative estimate of drug-likeness (QED) is 0.529. The summed E-state index contributed by atoms with van der Waals surface area (Å²) in [6.45, 7) is -0.137. The number of rotatable bonds is 6. The van der Waals surface area contributed by atoms with E-state index in [2.05, 4.69) is 5.10 Å². The number of carbonyl (C=O) groups is 2. The lowest BCUT2D eigenvalue weighted by Crippen LogP contribution is -3.12.